The molecule has 1 N–H and O–H groups in total. The number of carbonyl (C=O) groups is 1. The van der Waals surface area contributed by atoms with E-state index in [1.54, 1.807) is 56.3 Å². The van der Waals surface area contributed by atoms with E-state index in [4.69, 9.17) is 18.9 Å². The van der Waals surface area contributed by atoms with E-state index in [9.17, 15) is 14.7 Å². The molecule has 0 bridgehead atoms. The van der Waals surface area contributed by atoms with E-state index < -0.39 is 12.0 Å². The van der Waals surface area contributed by atoms with Crippen molar-refractivity contribution >= 4 is 23.4 Å². The average molecular weight is 551 g/mol. The predicted octanol–water partition coefficient (Wildman–Crippen LogP) is 3.26. The lowest BCUT2D eigenvalue weighted by molar-refractivity contribution is -0.139. The summed E-state index contributed by atoms with van der Waals surface area (Å²) >= 11 is 1.19. The van der Waals surface area contributed by atoms with Crippen LogP contribution in [0, 0.1) is 0 Å². The van der Waals surface area contributed by atoms with Crippen molar-refractivity contribution in [3.05, 3.63) is 90.6 Å². The number of allylic oxidation sites excluding steroid dienone is 2. The topological polar surface area (TPSA) is 109 Å². The zero-order valence-electron chi connectivity index (χ0n) is 22.4. The molecule has 1 atom stereocenters. The first-order valence-electron chi connectivity index (χ1n) is 12.2. The fraction of sp³-hybridized carbons (Fsp3) is 0.276. The molecule has 1 aliphatic rings. The van der Waals surface area contributed by atoms with Gasteiger partial charge in [-0.05, 0) is 62.2 Å². The van der Waals surface area contributed by atoms with Crippen LogP contribution in [0.2, 0.25) is 0 Å². The largest absolute Gasteiger partial charge is 0.504 e. The zero-order chi connectivity index (χ0) is 28.3. The van der Waals surface area contributed by atoms with Gasteiger partial charge in [0.15, 0.2) is 16.3 Å². The van der Waals surface area contributed by atoms with Crippen LogP contribution in [0.4, 0.5) is 0 Å². The Kier molecular flexibility index (Phi) is 8.25. The molecule has 3 aromatic rings. The predicted molar refractivity (Wildman–Crippen MR) is 149 cm³/mol. The van der Waals surface area contributed by atoms with Crippen LogP contribution < -0.4 is 29.1 Å². The van der Waals surface area contributed by atoms with Crippen LogP contribution in [0.3, 0.4) is 0 Å². The van der Waals surface area contributed by atoms with Gasteiger partial charge in [0.2, 0.25) is 0 Å². The molecule has 2 heterocycles. The first-order valence-corrected chi connectivity index (χ1v) is 13.0. The van der Waals surface area contributed by atoms with Crippen LogP contribution >= 0.6 is 11.3 Å². The minimum Gasteiger partial charge on any atom is -0.504 e. The van der Waals surface area contributed by atoms with E-state index in [-0.39, 0.29) is 29.2 Å². The fourth-order valence-corrected chi connectivity index (χ4v) is 5.58. The summed E-state index contributed by atoms with van der Waals surface area (Å²) in [6.07, 6.45) is 3.80. The third-order valence-electron chi connectivity index (χ3n) is 6.31. The van der Waals surface area contributed by atoms with Crippen LogP contribution in [0.25, 0.3) is 6.08 Å². The summed E-state index contributed by atoms with van der Waals surface area (Å²) in [4.78, 5) is 32.2. The quantitative estimate of drug-likeness (QED) is 0.322. The van der Waals surface area contributed by atoms with E-state index in [1.807, 2.05) is 0 Å². The van der Waals surface area contributed by atoms with Crippen LogP contribution in [-0.4, -0.2) is 43.6 Å². The molecule has 0 aliphatic carbocycles. The number of aromatic hydroxyl groups is 1. The molecular weight excluding hydrogens is 520 g/mol. The van der Waals surface area contributed by atoms with Gasteiger partial charge >= 0.3 is 5.97 Å². The van der Waals surface area contributed by atoms with Crippen molar-refractivity contribution in [3.63, 3.8) is 0 Å². The van der Waals surface area contributed by atoms with E-state index in [1.165, 1.54) is 37.2 Å². The molecule has 0 amide bonds. The van der Waals surface area contributed by atoms with Gasteiger partial charge in [-0.1, -0.05) is 17.4 Å². The first-order chi connectivity index (χ1) is 18.8. The summed E-state index contributed by atoms with van der Waals surface area (Å²) < 4.78 is 23.6. The van der Waals surface area contributed by atoms with Gasteiger partial charge < -0.3 is 24.1 Å². The highest BCUT2D eigenvalue weighted by Gasteiger charge is 2.35. The highest BCUT2D eigenvalue weighted by atomic mass is 32.1. The van der Waals surface area contributed by atoms with Gasteiger partial charge in [-0.15, -0.1) is 6.58 Å². The van der Waals surface area contributed by atoms with E-state index in [2.05, 4.69) is 11.6 Å². The third kappa shape index (κ3) is 5.20. The minimum absolute atomic E-state index is 0.0239. The second kappa shape index (κ2) is 11.6. The Morgan fingerprint density at radius 3 is 2.54 bits per heavy atom. The average Bonchev–Trinajstić information content (AvgIpc) is 3.23. The number of ether oxygens (including phenoxy) is 4. The monoisotopic (exact) mass is 550 g/mol. The molecule has 0 spiro atoms. The number of fused-ring (bicyclic) bond motifs is 1. The molecule has 2 aromatic carbocycles. The lowest BCUT2D eigenvalue weighted by Gasteiger charge is -2.26. The molecule has 4 rings (SSSR count). The smallest absolute Gasteiger partial charge is 0.338 e. The van der Waals surface area contributed by atoms with Crippen molar-refractivity contribution in [2.45, 2.75) is 26.3 Å². The standard InChI is InChI=1S/C29H30N2O7S/c1-7-9-18-12-17(13-22(37-6)26(18)32)14-23-27(33)31-25(20-15-19(35-4)10-11-21(20)36-5)24(28(34)38-8-2)16(3)30-29(31)39-23/h7,10-15,25,32H,1,8-9H2,2-6H3. The Balaban J connectivity index is 2.01. The van der Waals surface area contributed by atoms with Gasteiger partial charge in [0.1, 0.15) is 17.5 Å². The maximum Gasteiger partial charge on any atom is 0.338 e. The van der Waals surface area contributed by atoms with Gasteiger partial charge in [0, 0.05) is 11.1 Å². The van der Waals surface area contributed by atoms with Crippen molar-refractivity contribution in [2.24, 2.45) is 4.99 Å². The van der Waals surface area contributed by atoms with Crippen molar-refractivity contribution < 1.29 is 28.8 Å². The van der Waals surface area contributed by atoms with Gasteiger partial charge in [-0.3, -0.25) is 9.36 Å². The van der Waals surface area contributed by atoms with Crippen molar-refractivity contribution in [3.8, 4) is 23.0 Å². The zero-order valence-corrected chi connectivity index (χ0v) is 23.3. The Hall–Kier alpha value is -4.31. The SMILES string of the molecule is C=CCc1cc(C=c2sc3n(c2=O)C(c2cc(OC)ccc2OC)C(C(=O)OCC)=C(C)N=3)cc(OC)c1O. The number of methoxy groups -OCH3 is 3. The number of carbonyl (C=O) groups excluding carboxylic acids is 1. The van der Waals surface area contributed by atoms with Gasteiger partial charge in [-0.2, -0.15) is 0 Å². The summed E-state index contributed by atoms with van der Waals surface area (Å²) in [6, 6.07) is 7.77. The molecule has 0 fully saturated rings. The molecule has 204 valence electrons. The minimum atomic E-state index is -0.863. The normalized spacial score (nSPS) is 14.9. The van der Waals surface area contributed by atoms with Crippen LogP contribution in [0.1, 0.15) is 36.6 Å². The summed E-state index contributed by atoms with van der Waals surface area (Å²) in [6.45, 7) is 7.34. The fourth-order valence-electron chi connectivity index (χ4n) is 4.53. The molecule has 10 heteroatoms. The van der Waals surface area contributed by atoms with Gasteiger partial charge in [0.25, 0.3) is 5.56 Å². The van der Waals surface area contributed by atoms with Crippen molar-refractivity contribution in [2.75, 3.05) is 27.9 Å². The lowest BCUT2D eigenvalue weighted by atomic mass is 9.94. The van der Waals surface area contributed by atoms with E-state index in [0.717, 1.165) is 0 Å². The second-order valence-corrected chi connectivity index (χ2v) is 9.64. The number of nitrogens with zero attached hydrogens (tertiary/aromatic N) is 2. The van der Waals surface area contributed by atoms with Crippen molar-refractivity contribution in [1.29, 1.82) is 0 Å². The summed E-state index contributed by atoms with van der Waals surface area (Å²) in [7, 11) is 4.53. The molecule has 1 aliphatic heterocycles. The van der Waals surface area contributed by atoms with Crippen LogP contribution in [0.5, 0.6) is 23.0 Å². The number of phenolic OH excluding ortho intramolecular Hbond substituents is 1. The van der Waals surface area contributed by atoms with E-state index >= 15 is 0 Å². The van der Waals surface area contributed by atoms with Crippen LogP contribution in [-0.2, 0) is 16.0 Å². The number of hydrogen-bond acceptors (Lipinski definition) is 9. The molecule has 39 heavy (non-hydrogen) atoms. The Morgan fingerprint density at radius 1 is 1.15 bits per heavy atom. The summed E-state index contributed by atoms with van der Waals surface area (Å²) in [5.41, 5.74) is 2.16. The Bertz CT molecular complexity index is 1650. The number of thiazole rings is 1. The Morgan fingerprint density at radius 2 is 1.90 bits per heavy atom. The molecular formula is C29H30N2O7S. The molecule has 0 saturated heterocycles. The number of phenols is 1. The summed E-state index contributed by atoms with van der Waals surface area (Å²) in [5, 5.41) is 10.5. The third-order valence-corrected chi connectivity index (χ3v) is 7.29. The van der Waals surface area contributed by atoms with Crippen molar-refractivity contribution in [1.82, 2.24) is 4.57 Å². The number of esters is 1. The lowest BCUT2D eigenvalue weighted by Crippen LogP contribution is -2.40. The first kappa shape index (κ1) is 27.7. The van der Waals surface area contributed by atoms with Gasteiger partial charge in [-0.25, -0.2) is 9.79 Å². The molecule has 1 unspecified atom stereocenters. The number of rotatable bonds is 9. The molecule has 0 saturated carbocycles. The number of benzene rings is 2. The maximum absolute atomic E-state index is 14.0. The van der Waals surface area contributed by atoms with Gasteiger partial charge in [0.05, 0.1) is 43.7 Å². The van der Waals surface area contributed by atoms with E-state index in [0.29, 0.717) is 49.6 Å². The maximum atomic E-state index is 14.0. The molecule has 0 radical (unpaired) electrons. The highest BCUT2D eigenvalue weighted by Crippen LogP contribution is 2.38. The second-order valence-electron chi connectivity index (χ2n) is 8.63. The molecule has 1 aromatic heterocycles. The van der Waals surface area contributed by atoms with Crippen LogP contribution in [0.15, 0.2) is 64.0 Å². The molecule has 9 nitrogen and oxygen atoms in total. The summed E-state index contributed by atoms with van der Waals surface area (Å²) in [5.74, 6) is 0.754. The number of aromatic nitrogens is 1. The highest BCUT2D eigenvalue weighted by molar-refractivity contribution is 7.07. The Labute approximate surface area is 229 Å². The number of hydrogen-bond donors (Lipinski definition) is 1.